The molecule has 6 nitrogen and oxygen atoms in total. The Balaban J connectivity index is 1.52. The number of rotatable bonds is 5. The van der Waals surface area contributed by atoms with Crippen molar-refractivity contribution in [1.82, 2.24) is 10.6 Å². The number of nitrogens with one attached hydrogen (secondary N) is 3. The molecule has 0 bridgehead atoms. The van der Waals surface area contributed by atoms with Crippen LogP contribution in [0.15, 0.2) is 24.3 Å². The molecular weight excluding hydrogens is 330 g/mol. The molecular formula is C20H29N3O3. The number of benzene rings is 1. The molecule has 0 unspecified atom stereocenters. The molecule has 2 amide bonds. The SMILES string of the molecule is C[C@H]1OCCN[C@@H]1C(=O)NCc1cccc(NC(=O)C2CCCCC2)c1. The number of ether oxygens (including phenoxy) is 1. The van der Waals surface area contributed by atoms with Gasteiger partial charge in [-0.2, -0.15) is 0 Å². The van der Waals surface area contributed by atoms with Crippen molar-refractivity contribution in [1.29, 1.82) is 0 Å². The molecule has 2 aliphatic rings. The lowest BCUT2D eigenvalue weighted by molar-refractivity contribution is -0.129. The van der Waals surface area contributed by atoms with Gasteiger partial charge in [0, 0.05) is 24.7 Å². The zero-order valence-corrected chi connectivity index (χ0v) is 15.4. The van der Waals surface area contributed by atoms with Gasteiger partial charge >= 0.3 is 0 Å². The molecule has 1 heterocycles. The average Bonchev–Trinajstić information content (AvgIpc) is 2.67. The van der Waals surface area contributed by atoms with E-state index in [-0.39, 0.29) is 29.9 Å². The van der Waals surface area contributed by atoms with Gasteiger partial charge in [-0.05, 0) is 37.5 Å². The molecule has 1 aliphatic carbocycles. The van der Waals surface area contributed by atoms with Crippen molar-refractivity contribution < 1.29 is 14.3 Å². The van der Waals surface area contributed by atoms with Gasteiger partial charge in [-0.3, -0.25) is 9.59 Å². The van der Waals surface area contributed by atoms with Crippen molar-refractivity contribution in [2.45, 2.75) is 57.7 Å². The smallest absolute Gasteiger partial charge is 0.240 e. The van der Waals surface area contributed by atoms with E-state index < -0.39 is 0 Å². The van der Waals surface area contributed by atoms with Crippen LogP contribution in [-0.2, 0) is 20.9 Å². The third-order valence-electron chi connectivity index (χ3n) is 5.24. The maximum atomic E-state index is 12.4. The lowest BCUT2D eigenvalue weighted by Crippen LogP contribution is -2.55. The topological polar surface area (TPSA) is 79.5 Å². The van der Waals surface area contributed by atoms with Gasteiger partial charge < -0.3 is 20.7 Å². The van der Waals surface area contributed by atoms with Gasteiger partial charge in [-0.15, -0.1) is 0 Å². The first-order chi connectivity index (χ1) is 12.6. The Morgan fingerprint density at radius 3 is 2.77 bits per heavy atom. The predicted molar refractivity (Wildman–Crippen MR) is 101 cm³/mol. The number of morpholine rings is 1. The first-order valence-electron chi connectivity index (χ1n) is 9.66. The molecule has 26 heavy (non-hydrogen) atoms. The first-order valence-corrected chi connectivity index (χ1v) is 9.66. The summed E-state index contributed by atoms with van der Waals surface area (Å²) in [5, 5.41) is 9.16. The molecule has 3 N–H and O–H groups in total. The summed E-state index contributed by atoms with van der Waals surface area (Å²) in [6.45, 7) is 3.65. The van der Waals surface area contributed by atoms with Crippen molar-refractivity contribution in [2.75, 3.05) is 18.5 Å². The van der Waals surface area contributed by atoms with Crippen molar-refractivity contribution in [3.63, 3.8) is 0 Å². The summed E-state index contributed by atoms with van der Waals surface area (Å²) in [7, 11) is 0. The lowest BCUT2D eigenvalue weighted by Gasteiger charge is -2.29. The Morgan fingerprint density at radius 1 is 1.19 bits per heavy atom. The van der Waals surface area contributed by atoms with E-state index in [0.717, 1.165) is 36.9 Å². The van der Waals surface area contributed by atoms with Crippen LogP contribution in [-0.4, -0.2) is 37.1 Å². The molecule has 1 saturated heterocycles. The molecule has 0 radical (unpaired) electrons. The second-order valence-electron chi connectivity index (χ2n) is 7.25. The Bertz CT molecular complexity index is 628. The van der Waals surface area contributed by atoms with Gasteiger partial charge in [-0.25, -0.2) is 0 Å². The van der Waals surface area contributed by atoms with E-state index in [4.69, 9.17) is 4.74 Å². The third-order valence-corrected chi connectivity index (χ3v) is 5.24. The highest BCUT2D eigenvalue weighted by Crippen LogP contribution is 2.25. The van der Waals surface area contributed by atoms with E-state index in [2.05, 4.69) is 16.0 Å². The zero-order valence-electron chi connectivity index (χ0n) is 15.4. The highest BCUT2D eigenvalue weighted by molar-refractivity contribution is 5.92. The highest BCUT2D eigenvalue weighted by Gasteiger charge is 2.28. The molecule has 3 rings (SSSR count). The fraction of sp³-hybridized carbons (Fsp3) is 0.600. The highest BCUT2D eigenvalue weighted by atomic mass is 16.5. The van der Waals surface area contributed by atoms with Gasteiger partial charge in [-0.1, -0.05) is 31.4 Å². The molecule has 2 fully saturated rings. The van der Waals surface area contributed by atoms with E-state index in [1.807, 2.05) is 31.2 Å². The number of carbonyl (C=O) groups is 2. The Hall–Kier alpha value is -1.92. The monoisotopic (exact) mass is 359 g/mol. The van der Waals surface area contributed by atoms with E-state index in [1.165, 1.54) is 6.42 Å². The minimum Gasteiger partial charge on any atom is -0.375 e. The standard InChI is InChI=1S/C20H29N3O3/c1-14-18(21-10-11-26-14)20(25)22-13-15-6-5-9-17(12-15)23-19(24)16-7-3-2-4-8-16/h5-6,9,12,14,16,18,21H,2-4,7-8,10-11,13H2,1H3,(H,22,25)(H,23,24)/t14-,18+/m1/s1. The lowest BCUT2D eigenvalue weighted by atomic mass is 9.88. The van der Waals surface area contributed by atoms with Crippen LogP contribution in [0, 0.1) is 5.92 Å². The summed E-state index contributed by atoms with van der Waals surface area (Å²) >= 11 is 0. The van der Waals surface area contributed by atoms with E-state index in [9.17, 15) is 9.59 Å². The number of amides is 2. The molecule has 2 atom stereocenters. The van der Waals surface area contributed by atoms with Crippen molar-refractivity contribution in [2.24, 2.45) is 5.92 Å². The number of hydrogen-bond acceptors (Lipinski definition) is 4. The van der Waals surface area contributed by atoms with Crippen molar-refractivity contribution >= 4 is 17.5 Å². The van der Waals surface area contributed by atoms with E-state index >= 15 is 0 Å². The summed E-state index contributed by atoms with van der Waals surface area (Å²) < 4.78 is 5.51. The largest absolute Gasteiger partial charge is 0.375 e. The summed E-state index contributed by atoms with van der Waals surface area (Å²) in [6, 6.07) is 7.35. The molecule has 6 heteroatoms. The third kappa shape index (κ3) is 5.05. The van der Waals surface area contributed by atoms with Gasteiger partial charge in [0.1, 0.15) is 6.04 Å². The quantitative estimate of drug-likeness (QED) is 0.753. The first kappa shape index (κ1) is 18.9. The van der Waals surface area contributed by atoms with Crippen LogP contribution in [0.25, 0.3) is 0 Å². The van der Waals surface area contributed by atoms with Crippen LogP contribution in [0.2, 0.25) is 0 Å². The van der Waals surface area contributed by atoms with Gasteiger partial charge in [0.15, 0.2) is 0 Å². The van der Waals surface area contributed by atoms with E-state index in [1.54, 1.807) is 0 Å². The normalized spacial score (nSPS) is 24.0. The Morgan fingerprint density at radius 2 is 2.00 bits per heavy atom. The number of anilines is 1. The summed E-state index contributed by atoms with van der Waals surface area (Å²) in [5.74, 6) is 0.183. The molecule has 1 aromatic rings. The molecule has 0 spiro atoms. The average molecular weight is 359 g/mol. The van der Waals surface area contributed by atoms with Crippen molar-refractivity contribution in [3.05, 3.63) is 29.8 Å². The van der Waals surface area contributed by atoms with Gasteiger partial charge in [0.2, 0.25) is 11.8 Å². The molecule has 1 aromatic carbocycles. The van der Waals surface area contributed by atoms with Crippen molar-refractivity contribution in [3.8, 4) is 0 Å². The molecule has 0 aromatic heterocycles. The fourth-order valence-electron chi connectivity index (χ4n) is 3.69. The second-order valence-corrected chi connectivity index (χ2v) is 7.25. The minimum absolute atomic E-state index is 0.0613. The van der Waals surface area contributed by atoms with Crippen LogP contribution in [0.5, 0.6) is 0 Å². The van der Waals surface area contributed by atoms with Crippen LogP contribution in [0.4, 0.5) is 5.69 Å². The minimum atomic E-state index is -0.321. The fourth-order valence-corrected chi connectivity index (χ4v) is 3.69. The molecule has 142 valence electrons. The molecule has 1 aliphatic heterocycles. The van der Waals surface area contributed by atoms with Crippen LogP contribution in [0.3, 0.4) is 0 Å². The summed E-state index contributed by atoms with van der Waals surface area (Å²) in [6.07, 6.45) is 5.35. The maximum Gasteiger partial charge on any atom is 0.240 e. The summed E-state index contributed by atoms with van der Waals surface area (Å²) in [5.41, 5.74) is 1.75. The zero-order chi connectivity index (χ0) is 18.4. The van der Waals surface area contributed by atoms with Crippen LogP contribution >= 0.6 is 0 Å². The Kier molecular flexibility index (Phi) is 6.63. The number of carbonyl (C=O) groups excluding carboxylic acids is 2. The summed E-state index contributed by atoms with van der Waals surface area (Å²) in [4.78, 5) is 24.7. The maximum absolute atomic E-state index is 12.4. The van der Waals surface area contributed by atoms with Crippen LogP contribution < -0.4 is 16.0 Å². The predicted octanol–water partition coefficient (Wildman–Crippen LogP) is 2.20. The Labute approximate surface area is 155 Å². The van der Waals surface area contributed by atoms with Gasteiger partial charge in [0.05, 0.1) is 12.7 Å². The van der Waals surface area contributed by atoms with E-state index in [0.29, 0.717) is 19.7 Å². The second kappa shape index (κ2) is 9.14. The van der Waals surface area contributed by atoms with Crippen LogP contribution in [0.1, 0.15) is 44.6 Å². The molecule has 1 saturated carbocycles. The number of hydrogen-bond donors (Lipinski definition) is 3. The van der Waals surface area contributed by atoms with Gasteiger partial charge in [0.25, 0.3) is 0 Å².